The zero-order valence-corrected chi connectivity index (χ0v) is 10.5. The van der Waals surface area contributed by atoms with Gasteiger partial charge in [0.2, 0.25) is 0 Å². The number of hydrogen-bond donors (Lipinski definition) is 1. The van der Waals surface area contributed by atoms with E-state index < -0.39 is 0 Å². The molecule has 17 heavy (non-hydrogen) atoms. The van der Waals surface area contributed by atoms with Crippen molar-refractivity contribution in [3.63, 3.8) is 0 Å². The average molecular weight is 252 g/mol. The van der Waals surface area contributed by atoms with Gasteiger partial charge >= 0.3 is 0 Å². The van der Waals surface area contributed by atoms with Crippen molar-refractivity contribution in [1.82, 2.24) is 9.78 Å². The smallest absolute Gasteiger partial charge is 0.144 e. The van der Waals surface area contributed by atoms with Crippen molar-refractivity contribution in [2.24, 2.45) is 5.73 Å². The summed E-state index contributed by atoms with van der Waals surface area (Å²) in [4.78, 5) is 0. The molecule has 2 rings (SSSR count). The third kappa shape index (κ3) is 2.28. The van der Waals surface area contributed by atoms with Crippen LogP contribution in [0.15, 0.2) is 24.3 Å². The highest BCUT2D eigenvalue weighted by Gasteiger charge is 2.11. The van der Waals surface area contributed by atoms with E-state index in [1.54, 1.807) is 17.9 Å². The van der Waals surface area contributed by atoms with Crippen molar-refractivity contribution >= 4 is 11.6 Å². The first-order valence-corrected chi connectivity index (χ1v) is 5.63. The number of nitrogens with zero attached hydrogens (tertiary/aromatic N) is 2. The van der Waals surface area contributed by atoms with Gasteiger partial charge in [-0.15, -0.1) is 0 Å². The summed E-state index contributed by atoms with van der Waals surface area (Å²) in [5.41, 5.74) is 8.33. The molecule has 0 saturated carbocycles. The van der Waals surface area contributed by atoms with Crippen molar-refractivity contribution < 1.29 is 4.74 Å². The third-order valence-electron chi connectivity index (χ3n) is 2.48. The number of halogens is 1. The largest absolute Gasteiger partial charge is 0.494 e. The summed E-state index contributed by atoms with van der Waals surface area (Å²) in [5.74, 6) is 0.715. The lowest BCUT2D eigenvalue weighted by Crippen LogP contribution is -2.08. The summed E-state index contributed by atoms with van der Waals surface area (Å²) in [6, 6.07) is 7.35. The first kappa shape index (κ1) is 12.0. The lowest BCUT2D eigenvalue weighted by atomic mass is 10.3. The Labute approximate surface area is 105 Å². The fourth-order valence-corrected chi connectivity index (χ4v) is 1.90. The second-order valence-corrected chi connectivity index (χ2v) is 4.15. The van der Waals surface area contributed by atoms with Crippen molar-refractivity contribution in [1.29, 1.82) is 0 Å². The molecule has 90 valence electrons. The standard InChI is InChI=1S/C12H14ClN3O/c1-8-5-10(7-14)16(15-8)11-6-9(13)3-4-12(11)17-2/h3-6H,7,14H2,1-2H3. The van der Waals surface area contributed by atoms with Gasteiger partial charge in [-0.3, -0.25) is 0 Å². The van der Waals surface area contributed by atoms with Gasteiger partial charge < -0.3 is 10.5 Å². The molecule has 0 spiro atoms. The van der Waals surface area contributed by atoms with Crippen molar-refractivity contribution in [3.05, 3.63) is 40.7 Å². The second kappa shape index (κ2) is 4.77. The van der Waals surface area contributed by atoms with E-state index in [2.05, 4.69) is 5.10 Å². The summed E-state index contributed by atoms with van der Waals surface area (Å²) < 4.78 is 7.07. The van der Waals surface area contributed by atoms with Crippen LogP contribution in [-0.4, -0.2) is 16.9 Å². The van der Waals surface area contributed by atoms with E-state index in [4.69, 9.17) is 22.1 Å². The summed E-state index contributed by atoms with van der Waals surface area (Å²) in [5, 5.41) is 5.04. The van der Waals surface area contributed by atoms with Gasteiger partial charge in [0.15, 0.2) is 0 Å². The molecule has 0 amide bonds. The highest BCUT2D eigenvalue weighted by molar-refractivity contribution is 6.30. The number of rotatable bonds is 3. The van der Waals surface area contributed by atoms with Crippen LogP contribution >= 0.6 is 11.6 Å². The molecule has 0 bridgehead atoms. The molecule has 1 heterocycles. The minimum absolute atomic E-state index is 0.413. The van der Waals surface area contributed by atoms with Crippen LogP contribution in [0.2, 0.25) is 5.02 Å². The van der Waals surface area contributed by atoms with E-state index in [0.29, 0.717) is 17.3 Å². The van der Waals surface area contributed by atoms with E-state index in [1.165, 1.54) is 0 Å². The molecule has 0 aliphatic heterocycles. The molecule has 5 heteroatoms. The maximum Gasteiger partial charge on any atom is 0.144 e. The van der Waals surface area contributed by atoms with Crippen LogP contribution in [-0.2, 0) is 6.54 Å². The van der Waals surface area contributed by atoms with Crippen LogP contribution in [0, 0.1) is 6.92 Å². The summed E-state index contributed by atoms with van der Waals surface area (Å²) in [6.07, 6.45) is 0. The predicted octanol–water partition coefficient (Wildman–Crippen LogP) is 2.30. The zero-order chi connectivity index (χ0) is 12.4. The number of aromatic nitrogens is 2. The van der Waals surface area contributed by atoms with Gasteiger partial charge in [0.25, 0.3) is 0 Å². The Bertz CT molecular complexity index is 537. The Morgan fingerprint density at radius 2 is 2.18 bits per heavy atom. The number of nitrogens with two attached hydrogens (primary N) is 1. The Morgan fingerprint density at radius 1 is 1.41 bits per heavy atom. The molecule has 0 saturated heterocycles. The van der Waals surface area contributed by atoms with Crippen molar-refractivity contribution in [2.45, 2.75) is 13.5 Å². The molecular formula is C12H14ClN3O. The van der Waals surface area contributed by atoms with Gasteiger partial charge in [0.1, 0.15) is 11.4 Å². The van der Waals surface area contributed by atoms with Crippen LogP contribution in [0.5, 0.6) is 5.75 Å². The zero-order valence-electron chi connectivity index (χ0n) is 9.77. The molecule has 2 aromatic rings. The van der Waals surface area contributed by atoms with E-state index in [-0.39, 0.29) is 0 Å². The third-order valence-corrected chi connectivity index (χ3v) is 2.72. The molecule has 0 fully saturated rings. The topological polar surface area (TPSA) is 53.1 Å². The first-order valence-electron chi connectivity index (χ1n) is 5.25. The van der Waals surface area contributed by atoms with Gasteiger partial charge in [0, 0.05) is 11.6 Å². The fourth-order valence-electron chi connectivity index (χ4n) is 1.74. The van der Waals surface area contributed by atoms with Gasteiger partial charge in [-0.1, -0.05) is 11.6 Å². The average Bonchev–Trinajstić information content (AvgIpc) is 2.70. The normalized spacial score (nSPS) is 10.6. The van der Waals surface area contributed by atoms with Crippen LogP contribution in [0.3, 0.4) is 0 Å². The molecule has 0 unspecified atom stereocenters. The summed E-state index contributed by atoms with van der Waals surface area (Å²) in [7, 11) is 1.62. The molecule has 1 aromatic heterocycles. The van der Waals surface area contributed by atoms with Gasteiger partial charge in [-0.05, 0) is 31.2 Å². The molecule has 1 aromatic carbocycles. The van der Waals surface area contributed by atoms with Crippen LogP contribution in [0.25, 0.3) is 5.69 Å². The van der Waals surface area contributed by atoms with E-state index >= 15 is 0 Å². The first-order chi connectivity index (χ1) is 8.15. The maximum atomic E-state index is 6.00. The highest BCUT2D eigenvalue weighted by atomic mass is 35.5. The highest BCUT2D eigenvalue weighted by Crippen LogP contribution is 2.27. The van der Waals surface area contributed by atoms with Gasteiger partial charge in [0.05, 0.1) is 18.5 Å². The lowest BCUT2D eigenvalue weighted by Gasteiger charge is -2.11. The Balaban J connectivity index is 2.61. The molecule has 0 atom stereocenters. The molecule has 0 aliphatic carbocycles. The molecule has 4 nitrogen and oxygen atoms in total. The summed E-state index contributed by atoms with van der Waals surface area (Å²) >= 11 is 6.00. The number of hydrogen-bond acceptors (Lipinski definition) is 3. The number of ether oxygens (including phenoxy) is 1. The molecule has 0 aliphatic rings. The van der Waals surface area contributed by atoms with Crippen molar-refractivity contribution in [3.8, 4) is 11.4 Å². The minimum Gasteiger partial charge on any atom is -0.494 e. The second-order valence-electron chi connectivity index (χ2n) is 3.71. The van der Waals surface area contributed by atoms with Gasteiger partial charge in [-0.25, -0.2) is 4.68 Å². The predicted molar refractivity (Wildman–Crippen MR) is 67.8 cm³/mol. The Morgan fingerprint density at radius 3 is 2.82 bits per heavy atom. The molecule has 0 radical (unpaired) electrons. The number of aryl methyl sites for hydroxylation is 1. The maximum absolute atomic E-state index is 6.00. The Hall–Kier alpha value is -1.52. The van der Waals surface area contributed by atoms with E-state index in [9.17, 15) is 0 Å². The van der Waals surface area contributed by atoms with Crippen LogP contribution < -0.4 is 10.5 Å². The van der Waals surface area contributed by atoms with E-state index in [1.807, 2.05) is 25.1 Å². The molecular weight excluding hydrogens is 238 g/mol. The lowest BCUT2D eigenvalue weighted by molar-refractivity contribution is 0.411. The number of benzene rings is 1. The number of methoxy groups -OCH3 is 1. The van der Waals surface area contributed by atoms with Crippen LogP contribution in [0.1, 0.15) is 11.4 Å². The van der Waals surface area contributed by atoms with Crippen LogP contribution in [0.4, 0.5) is 0 Å². The van der Waals surface area contributed by atoms with Gasteiger partial charge in [-0.2, -0.15) is 5.10 Å². The SMILES string of the molecule is COc1ccc(Cl)cc1-n1nc(C)cc1CN. The molecule has 2 N–H and O–H groups in total. The van der Waals surface area contributed by atoms with E-state index in [0.717, 1.165) is 17.1 Å². The fraction of sp³-hybridized carbons (Fsp3) is 0.250. The monoisotopic (exact) mass is 251 g/mol. The van der Waals surface area contributed by atoms with Crippen molar-refractivity contribution in [2.75, 3.05) is 7.11 Å². The Kier molecular flexibility index (Phi) is 3.36. The quantitative estimate of drug-likeness (QED) is 0.911. The summed E-state index contributed by atoms with van der Waals surface area (Å²) in [6.45, 7) is 2.34. The minimum atomic E-state index is 0.413.